The highest BCUT2D eigenvalue weighted by atomic mass is 16.2. The fraction of sp³-hybridized carbons (Fsp3) is 0.818. The van der Waals surface area contributed by atoms with E-state index in [0.717, 1.165) is 12.8 Å². The highest BCUT2D eigenvalue weighted by Gasteiger charge is 2.27. The molecule has 0 saturated heterocycles. The quantitative estimate of drug-likeness (QED) is 0.720. The van der Waals surface area contributed by atoms with E-state index in [4.69, 9.17) is 5.73 Å². The first-order valence-corrected chi connectivity index (χ1v) is 5.46. The van der Waals surface area contributed by atoms with Crippen molar-refractivity contribution in [3.8, 4) is 0 Å². The molecular formula is C11H22N2O2. The van der Waals surface area contributed by atoms with Gasteiger partial charge in [0, 0.05) is 13.5 Å². The summed E-state index contributed by atoms with van der Waals surface area (Å²) in [5.74, 6) is -0.384. The van der Waals surface area contributed by atoms with Crippen LogP contribution in [-0.4, -0.2) is 29.8 Å². The van der Waals surface area contributed by atoms with E-state index in [2.05, 4.69) is 0 Å². The number of carbonyl (C=O) groups excluding carboxylic acids is 2. The van der Waals surface area contributed by atoms with E-state index in [0.29, 0.717) is 6.42 Å². The Morgan fingerprint density at radius 3 is 2.20 bits per heavy atom. The zero-order valence-electron chi connectivity index (χ0n) is 10.1. The molecule has 0 rings (SSSR count). The first-order valence-electron chi connectivity index (χ1n) is 5.46. The molecule has 88 valence electrons. The maximum absolute atomic E-state index is 11.7. The molecule has 2 N–H and O–H groups in total. The number of likely N-dealkylation sites (N-methyl/N-ethyl adjacent to an activating group) is 1. The van der Waals surface area contributed by atoms with Gasteiger partial charge in [-0.25, -0.2) is 0 Å². The number of nitrogens with zero attached hydrogens (tertiary/aromatic N) is 1. The van der Waals surface area contributed by atoms with Crippen LogP contribution in [-0.2, 0) is 9.59 Å². The molecule has 0 aromatic rings. The number of hydrogen-bond acceptors (Lipinski definition) is 2. The number of unbranched alkanes of at least 4 members (excludes halogenated alkanes) is 1. The van der Waals surface area contributed by atoms with Gasteiger partial charge in [0.1, 0.15) is 6.04 Å². The number of primary amides is 1. The van der Waals surface area contributed by atoms with Crippen molar-refractivity contribution in [1.82, 2.24) is 4.90 Å². The Morgan fingerprint density at radius 1 is 1.33 bits per heavy atom. The van der Waals surface area contributed by atoms with Gasteiger partial charge >= 0.3 is 0 Å². The number of nitrogens with two attached hydrogens (primary N) is 1. The summed E-state index contributed by atoms with van der Waals surface area (Å²) in [4.78, 5) is 24.3. The summed E-state index contributed by atoms with van der Waals surface area (Å²) in [7, 11) is 1.65. The van der Waals surface area contributed by atoms with Crippen LogP contribution in [0.3, 0.4) is 0 Å². The highest BCUT2D eigenvalue weighted by Crippen LogP contribution is 2.11. The maximum atomic E-state index is 11.7. The molecule has 1 atom stereocenters. The van der Waals surface area contributed by atoms with E-state index in [1.54, 1.807) is 7.05 Å². The van der Waals surface area contributed by atoms with Crippen molar-refractivity contribution in [2.45, 2.75) is 46.1 Å². The molecule has 0 aliphatic carbocycles. The van der Waals surface area contributed by atoms with E-state index in [-0.39, 0.29) is 11.8 Å². The maximum Gasteiger partial charge on any atom is 0.240 e. The molecule has 0 aromatic carbocycles. The second kappa shape index (κ2) is 6.43. The third-order valence-electron chi connectivity index (χ3n) is 2.48. The fourth-order valence-corrected chi connectivity index (χ4v) is 1.63. The minimum absolute atomic E-state index is 0.00523. The SMILES string of the molecule is CCCCC(=O)N(C)[C@H](C(N)=O)C(C)C. The van der Waals surface area contributed by atoms with Crippen LogP contribution in [0.4, 0.5) is 0 Å². The minimum atomic E-state index is -0.491. The predicted octanol–water partition coefficient (Wildman–Crippen LogP) is 1.14. The summed E-state index contributed by atoms with van der Waals surface area (Å²) in [5, 5.41) is 0. The van der Waals surface area contributed by atoms with Gasteiger partial charge in [0.25, 0.3) is 0 Å². The van der Waals surface area contributed by atoms with Crippen LogP contribution in [0.15, 0.2) is 0 Å². The summed E-state index contributed by atoms with van der Waals surface area (Å²) in [5.41, 5.74) is 5.27. The van der Waals surface area contributed by atoms with Crippen LogP contribution in [0.25, 0.3) is 0 Å². The lowest BCUT2D eigenvalue weighted by molar-refractivity contribution is -0.139. The molecule has 0 aliphatic heterocycles. The van der Waals surface area contributed by atoms with Crippen LogP contribution < -0.4 is 5.73 Å². The van der Waals surface area contributed by atoms with Gasteiger partial charge in [0.2, 0.25) is 11.8 Å². The van der Waals surface area contributed by atoms with Gasteiger partial charge in [-0.15, -0.1) is 0 Å². The van der Waals surface area contributed by atoms with E-state index < -0.39 is 11.9 Å². The van der Waals surface area contributed by atoms with Gasteiger partial charge in [0.15, 0.2) is 0 Å². The molecule has 0 unspecified atom stereocenters. The zero-order valence-corrected chi connectivity index (χ0v) is 10.1. The van der Waals surface area contributed by atoms with Crippen molar-refractivity contribution in [3.63, 3.8) is 0 Å². The van der Waals surface area contributed by atoms with Gasteiger partial charge in [-0.05, 0) is 12.3 Å². The van der Waals surface area contributed by atoms with Crippen LogP contribution in [0.1, 0.15) is 40.0 Å². The summed E-state index contributed by atoms with van der Waals surface area (Å²) >= 11 is 0. The smallest absolute Gasteiger partial charge is 0.240 e. The number of carbonyl (C=O) groups is 2. The van der Waals surface area contributed by atoms with Gasteiger partial charge in [-0.1, -0.05) is 27.2 Å². The molecule has 0 heterocycles. The summed E-state index contributed by atoms with van der Waals surface area (Å²) in [6.07, 6.45) is 2.32. The Kier molecular flexibility index (Phi) is 5.97. The standard InChI is InChI=1S/C11H22N2O2/c1-5-6-7-9(14)13(4)10(8(2)3)11(12)15/h8,10H,5-7H2,1-4H3,(H2,12,15)/t10-/m0/s1. The molecule has 4 heteroatoms. The van der Waals surface area contributed by atoms with Crippen LogP contribution in [0, 0.1) is 5.92 Å². The normalized spacial score (nSPS) is 12.6. The Balaban J connectivity index is 4.43. The Labute approximate surface area is 91.8 Å². The molecule has 15 heavy (non-hydrogen) atoms. The van der Waals surface area contributed by atoms with Crippen molar-refractivity contribution in [1.29, 1.82) is 0 Å². The van der Waals surface area contributed by atoms with Gasteiger partial charge < -0.3 is 10.6 Å². The Hall–Kier alpha value is -1.06. The van der Waals surface area contributed by atoms with Crippen LogP contribution in [0.5, 0.6) is 0 Å². The summed E-state index contributed by atoms with van der Waals surface area (Å²) < 4.78 is 0. The highest BCUT2D eigenvalue weighted by molar-refractivity contribution is 5.86. The molecule has 0 aromatic heterocycles. The minimum Gasteiger partial charge on any atom is -0.368 e. The third kappa shape index (κ3) is 4.32. The Bertz CT molecular complexity index is 227. The lowest BCUT2D eigenvalue weighted by Crippen LogP contribution is -2.48. The topological polar surface area (TPSA) is 63.4 Å². The monoisotopic (exact) mass is 214 g/mol. The molecule has 0 radical (unpaired) electrons. The molecular weight excluding hydrogens is 192 g/mol. The lowest BCUT2D eigenvalue weighted by atomic mass is 10.0. The van der Waals surface area contributed by atoms with Crippen molar-refractivity contribution in [2.24, 2.45) is 11.7 Å². The van der Waals surface area contributed by atoms with Gasteiger partial charge in [-0.2, -0.15) is 0 Å². The molecule has 0 spiro atoms. The van der Waals surface area contributed by atoms with E-state index >= 15 is 0 Å². The van der Waals surface area contributed by atoms with Crippen LogP contribution >= 0.6 is 0 Å². The second-order valence-electron chi connectivity index (χ2n) is 4.20. The molecule has 0 fully saturated rings. The van der Waals surface area contributed by atoms with E-state index in [9.17, 15) is 9.59 Å². The molecule has 0 aliphatic rings. The third-order valence-corrected chi connectivity index (χ3v) is 2.48. The number of amides is 2. The van der Waals surface area contributed by atoms with E-state index in [1.165, 1.54) is 4.90 Å². The van der Waals surface area contributed by atoms with Crippen LogP contribution in [0.2, 0.25) is 0 Å². The second-order valence-corrected chi connectivity index (χ2v) is 4.20. The van der Waals surface area contributed by atoms with Crippen molar-refractivity contribution in [3.05, 3.63) is 0 Å². The van der Waals surface area contributed by atoms with Crippen molar-refractivity contribution in [2.75, 3.05) is 7.05 Å². The number of hydrogen-bond donors (Lipinski definition) is 1. The summed E-state index contributed by atoms with van der Waals surface area (Å²) in [6.45, 7) is 5.80. The van der Waals surface area contributed by atoms with Gasteiger partial charge in [0.05, 0.1) is 0 Å². The van der Waals surface area contributed by atoms with Gasteiger partial charge in [-0.3, -0.25) is 9.59 Å². The fourth-order valence-electron chi connectivity index (χ4n) is 1.63. The average Bonchev–Trinajstić information content (AvgIpc) is 2.12. The number of rotatable bonds is 6. The first kappa shape index (κ1) is 13.9. The molecule has 0 bridgehead atoms. The molecule has 4 nitrogen and oxygen atoms in total. The lowest BCUT2D eigenvalue weighted by Gasteiger charge is -2.28. The largest absolute Gasteiger partial charge is 0.368 e. The first-order chi connectivity index (χ1) is 6.91. The molecule has 0 saturated carbocycles. The molecule has 2 amide bonds. The zero-order chi connectivity index (χ0) is 12.0. The average molecular weight is 214 g/mol. The van der Waals surface area contributed by atoms with Crippen molar-refractivity contribution >= 4 is 11.8 Å². The predicted molar refractivity (Wildman–Crippen MR) is 60.1 cm³/mol. The van der Waals surface area contributed by atoms with E-state index in [1.807, 2.05) is 20.8 Å². The summed E-state index contributed by atoms with van der Waals surface area (Å²) in [6, 6.07) is -0.491. The van der Waals surface area contributed by atoms with Crippen molar-refractivity contribution < 1.29 is 9.59 Å². The Morgan fingerprint density at radius 2 is 1.87 bits per heavy atom.